The molecule has 0 saturated heterocycles. The summed E-state index contributed by atoms with van der Waals surface area (Å²) in [6.07, 6.45) is 1.79. The number of fused-ring (bicyclic) bond motifs is 1. The van der Waals surface area contributed by atoms with Gasteiger partial charge in [-0.25, -0.2) is 4.98 Å². The Morgan fingerprint density at radius 2 is 1.78 bits per heavy atom. The van der Waals surface area contributed by atoms with E-state index in [-0.39, 0.29) is 5.56 Å². The van der Waals surface area contributed by atoms with Crippen LogP contribution in [0.3, 0.4) is 0 Å². The number of hydrogen-bond donors (Lipinski definition) is 0. The zero-order valence-corrected chi connectivity index (χ0v) is 16.1. The van der Waals surface area contributed by atoms with Gasteiger partial charge < -0.3 is 4.42 Å². The number of benzene rings is 1. The van der Waals surface area contributed by atoms with Crippen LogP contribution in [0, 0.1) is 20.8 Å². The maximum atomic E-state index is 12.3. The van der Waals surface area contributed by atoms with Crippen molar-refractivity contribution in [1.29, 1.82) is 0 Å². The van der Waals surface area contributed by atoms with Crippen LogP contribution in [0.5, 0.6) is 0 Å². The van der Waals surface area contributed by atoms with E-state index < -0.39 is 0 Å². The molecule has 0 fully saturated rings. The van der Waals surface area contributed by atoms with Gasteiger partial charge in [0.25, 0.3) is 10.8 Å². The van der Waals surface area contributed by atoms with Crippen LogP contribution in [0.1, 0.15) is 22.4 Å². The van der Waals surface area contributed by atoms with E-state index in [9.17, 15) is 4.79 Å². The maximum Gasteiger partial charge on any atom is 0.277 e. The third-order valence-corrected chi connectivity index (χ3v) is 4.93. The van der Waals surface area contributed by atoms with E-state index >= 15 is 0 Å². The first-order valence-electron chi connectivity index (χ1n) is 8.52. The molecule has 27 heavy (non-hydrogen) atoms. The van der Waals surface area contributed by atoms with Gasteiger partial charge in [-0.2, -0.15) is 0 Å². The van der Waals surface area contributed by atoms with E-state index in [1.165, 1.54) is 11.8 Å². The lowest BCUT2D eigenvalue weighted by Gasteiger charge is -2.03. The molecule has 1 aromatic carbocycles. The molecule has 6 nitrogen and oxygen atoms in total. The van der Waals surface area contributed by atoms with Crippen molar-refractivity contribution in [2.24, 2.45) is 0 Å². The molecule has 0 aliphatic carbocycles. The molecule has 7 heteroatoms. The van der Waals surface area contributed by atoms with Crippen molar-refractivity contribution in [2.45, 2.75) is 31.7 Å². The summed E-state index contributed by atoms with van der Waals surface area (Å²) in [5.41, 5.74) is 5.43. The number of hydrogen-bond acceptors (Lipinski definition) is 6. The minimum absolute atomic E-state index is 0.0965. The van der Waals surface area contributed by atoms with Gasteiger partial charge in [-0.1, -0.05) is 35.0 Å². The number of aryl methyl sites for hydroxylation is 3. The van der Waals surface area contributed by atoms with Crippen molar-refractivity contribution in [3.8, 4) is 11.5 Å². The van der Waals surface area contributed by atoms with E-state index in [0.717, 1.165) is 22.3 Å². The van der Waals surface area contributed by atoms with Gasteiger partial charge in [-0.3, -0.25) is 9.20 Å². The van der Waals surface area contributed by atoms with Crippen LogP contribution in [0.4, 0.5) is 0 Å². The van der Waals surface area contributed by atoms with Crippen LogP contribution in [0.15, 0.2) is 57.0 Å². The normalized spacial score (nSPS) is 11.2. The van der Waals surface area contributed by atoms with E-state index in [1.54, 1.807) is 16.7 Å². The largest absolute Gasteiger partial charge is 0.411 e. The molecule has 0 spiro atoms. The highest BCUT2D eigenvalue weighted by Gasteiger charge is 2.11. The predicted molar refractivity (Wildman–Crippen MR) is 105 cm³/mol. The fourth-order valence-corrected chi connectivity index (χ4v) is 3.61. The Labute approximate surface area is 160 Å². The smallest absolute Gasteiger partial charge is 0.277 e. The number of pyridine rings is 1. The fourth-order valence-electron chi connectivity index (χ4n) is 2.95. The van der Waals surface area contributed by atoms with Gasteiger partial charge in [0.2, 0.25) is 5.89 Å². The Balaban J connectivity index is 1.54. The predicted octanol–water partition coefficient (Wildman–Crippen LogP) is 3.96. The molecule has 0 radical (unpaired) electrons. The molecule has 4 aromatic rings. The Bertz CT molecular complexity index is 1180. The Morgan fingerprint density at radius 1 is 1.00 bits per heavy atom. The maximum absolute atomic E-state index is 12.3. The first kappa shape index (κ1) is 17.5. The fraction of sp³-hybridized carbons (Fsp3) is 0.200. The van der Waals surface area contributed by atoms with Crippen LogP contribution >= 0.6 is 11.8 Å². The van der Waals surface area contributed by atoms with Gasteiger partial charge in [0, 0.05) is 23.6 Å². The number of thioether (sulfide) groups is 1. The Kier molecular flexibility index (Phi) is 4.53. The standard InChI is InChI=1S/C20H18N4O2S/c1-12-4-5-17-21-16(9-18(25)24(17)10-12)11-27-20-23-22-19(26-20)15-7-13(2)6-14(3)8-15/h4-10H,11H2,1-3H3. The summed E-state index contributed by atoms with van der Waals surface area (Å²) in [5.74, 6) is 0.972. The van der Waals surface area contributed by atoms with Crippen LogP contribution in [-0.4, -0.2) is 19.6 Å². The summed E-state index contributed by atoms with van der Waals surface area (Å²) < 4.78 is 7.31. The molecule has 0 N–H and O–H groups in total. The van der Waals surface area contributed by atoms with Gasteiger partial charge in [-0.05, 0) is 44.5 Å². The van der Waals surface area contributed by atoms with E-state index in [4.69, 9.17) is 4.42 Å². The van der Waals surface area contributed by atoms with Crippen molar-refractivity contribution in [3.63, 3.8) is 0 Å². The summed E-state index contributed by atoms with van der Waals surface area (Å²) in [6, 6.07) is 11.5. The minimum atomic E-state index is -0.0965. The zero-order valence-electron chi connectivity index (χ0n) is 15.3. The van der Waals surface area contributed by atoms with Crippen LogP contribution < -0.4 is 5.56 Å². The topological polar surface area (TPSA) is 73.3 Å². The molecule has 136 valence electrons. The number of aromatic nitrogens is 4. The highest BCUT2D eigenvalue weighted by atomic mass is 32.2. The molecule has 0 amide bonds. The van der Waals surface area contributed by atoms with Crippen LogP contribution in [0.2, 0.25) is 0 Å². The lowest BCUT2D eigenvalue weighted by Crippen LogP contribution is -2.15. The average Bonchev–Trinajstić information content (AvgIpc) is 3.09. The molecule has 0 bridgehead atoms. The highest BCUT2D eigenvalue weighted by molar-refractivity contribution is 7.98. The molecule has 0 aliphatic heterocycles. The SMILES string of the molecule is Cc1cc(C)cc(-c2nnc(SCc3cc(=O)n4cc(C)ccc4n3)o2)c1. The first-order valence-corrected chi connectivity index (χ1v) is 9.50. The monoisotopic (exact) mass is 378 g/mol. The number of nitrogens with zero attached hydrogens (tertiary/aromatic N) is 4. The second-order valence-corrected chi connectivity index (χ2v) is 7.49. The third-order valence-electron chi connectivity index (χ3n) is 4.08. The van der Waals surface area contributed by atoms with Gasteiger partial charge in [-0.15, -0.1) is 10.2 Å². The van der Waals surface area contributed by atoms with Gasteiger partial charge in [0.15, 0.2) is 0 Å². The molecule has 0 aliphatic rings. The second kappa shape index (κ2) is 7.00. The molecule has 3 aromatic heterocycles. The lowest BCUT2D eigenvalue weighted by molar-refractivity contribution is 0.465. The summed E-state index contributed by atoms with van der Waals surface area (Å²) in [7, 11) is 0. The van der Waals surface area contributed by atoms with E-state index in [2.05, 4.69) is 21.2 Å². The summed E-state index contributed by atoms with van der Waals surface area (Å²) in [4.78, 5) is 16.8. The molecule has 0 unspecified atom stereocenters. The third kappa shape index (κ3) is 3.78. The van der Waals surface area contributed by atoms with Gasteiger partial charge in [0.1, 0.15) is 5.65 Å². The quantitative estimate of drug-likeness (QED) is 0.501. The van der Waals surface area contributed by atoms with E-state index in [0.29, 0.717) is 28.2 Å². The Morgan fingerprint density at radius 3 is 2.56 bits per heavy atom. The van der Waals surface area contributed by atoms with Crippen molar-refractivity contribution in [3.05, 3.63) is 75.3 Å². The Hall–Kier alpha value is -2.93. The molecule has 4 rings (SSSR count). The number of rotatable bonds is 4. The van der Waals surface area contributed by atoms with Gasteiger partial charge >= 0.3 is 0 Å². The van der Waals surface area contributed by atoms with Crippen molar-refractivity contribution >= 4 is 17.4 Å². The van der Waals surface area contributed by atoms with Crippen molar-refractivity contribution < 1.29 is 4.42 Å². The van der Waals surface area contributed by atoms with E-state index in [1.807, 2.05) is 45.0 Å². The summed E-state index contributed by atoms with van der Waals surface area (Å²) in [6.45, 7) is 6.01. The van der Waals surface area contributed by atoms with Crippen LogP contribution in [0.25, 0.3) is 17.1 Å². The van der Waals surface area contributed by atoms with Gasteiger partial charge in [0.05, 0.1) is 5.69 Å². The molecular weight excluding hydrogens is 360 g/mol. The molecule has 0 atom stereocenters. The summed E-state index contributed by atoms with van der Waals surface area (Å²) >= 11 is 1.37. The average molecular weight is 378 g/mol. The van der Waals surface area contributed by atoms with Crippen molar-refractivity contribution in [2.75, 3.05) is 0 Å². The van der Waals surface area contributed by atoms with Crippen molar-refractivity contribution in [1.82, 2.24) is 19.6 Å². The second-order valence-electron chi connectivity index (χ2n) is 6.56. The highest BCUT2D eigenvalue weighted by Crippen LogP contribution is 2.26. The molecule has 0 saturated carbocycles. The molecular formula is C20H18N4O2S. The summed E-state index contributed by atoms with van der Waals surface area (Å²) in [5, 5.41) is 8.69. The first-order chi connectivity index (χ1) is 13.0. The zero-order chi connectivity index (χ0) is 19.0. The lowest BCUT2D eigenvalue weighted by atomic mass is 10.1. The van der Waals surface area contributed by atoms with Crippen LogP contribution in [-0.2, 0) is 5.75 Å². The molecule has 3 heterocycles. The minimum Gasteiger partial charge on any atom is -0.411 e.